The average Bonchev–Trinajstić information content (AvgIpc) is 2.03. The van der Waals surface area contributed by atoms with Gasteiger partial charge in [0.15, 0.2) is 0 Å². The SMILES string of the molecule is CC(=NN(C)C)c1cccc(C)n1. The van der Waals surface area contributed by atoms with Gasteiger partial charge in [-0.3, -0.25) is 4.98 Å². The smallest absolute Gasteiger partial charge is 0.0862 e. The van der Waals surface area contributed by atoms with Crippen LogP contribution in [0.3, 0.4) is 0 Å². The minimum Gasteiger partial charge on any atom is -0.303 e. The Bertz CT molecular complexity index is 316. The number of hydrogen-bond acceptors (Lipinski definition) is 3. The Labute approximate surface area is 79.1 Å². The molecule has 0 aromatic carbocycles. The molecule has 0 fully saturated rings. The molecule has 0 bridgehead atoms. The molecule has 3 nitrogen and oxygen atoms in total. The summed E-state index contributed by atoms with van der Waals surface area (Å²) in [6, 6.07) is 5.94. The van der Waals surface area contributed by atoms with Gasteiger partial charge in [0.1, 0.15) is 0 Å². The van der Waals surface area contributed by atoms with Crippen LogP contribution in [-0.4, -0.2) is 29.8 Å². The number of nitrogens with zero attached hydrogens (tertiary/aromatic N) is 3. The van der Waals surface area contributed by atoms with Gasteiger partial charge >= 0.3 is 0 Å². The van der Waals surface area contributed by atoms with E-state index < -0.39 is 0 Å². The van der Waals surface area contributed by atoms with Crippen molar-refractivity contribution in [2.45, 2.75) is 13.8 Å². The molecule has 70 valence electrons. The van der Waals surface area contributed by atoms with Gasteiger partial charge in [0.2, 0.25) is 0 Å². The second-order valence-electron chi connectivity index (χ2n) is 3.20. The lowest BCUT2D eigenvalue weighted by molar-refractivity contribution is 0.437. The Morgan fingerprint density at radius 1 is 1.38 bits per heavy atom. The molecule has 0 atom stereocenters. The van der Waals surface area contributed by atoms with Crippen LogP contribution in [0.25, 0.3) is 0 Å². The molecule has 0 spiro atoms. The maximum Gasteiger partial charge on any atom is 0.0862 e. The first kappa shape index (κ1) is 9.71. The highest BCUT2D eigenvalue weighted by molar-refractivity contribution is 5.96. The molecule has 3 heteroatoms. The molecule has 1 heterocycles. The van der Waals surface area contributed by atoms with Gasteiger partial charge in [-0.15, -0.1) is 0 Å². The molecular weight excluding hydrogens is 162 g/mol. The quantitative estimate of drug-likeness (QED) is 0.508. The van der Waals surface area contributed by atoms with Crippen LogP contribution >= 0.6 is 0 Å². The van der Waals surface area contributed by atoms with E-state index >= 15 is 0 Å². The van der Waals surface area contributed by atoms with E-state index in [0.29, 0.717) is 0 Å². The average molecular weight is 177 g/mol. The van der Waals surface area contributed by atoms with E-state index in [4.69, 9.17) is 0 Å². The topological polar surface area (TPSA) is 28.5 Å². The maximum absolute atomic E-state index is 4.37. The van der Waals surface area contributed by atoms with Crippen LogP contribution in [0.5, 0.6) is 0 Å². The zero-order valence-corrected chi connectivity index (χ0v) is 8.57. The van der Waals surface area contributed by atoms with E-state index in [1.54, 1.807) is 5.01 Å². The van der Waals surface area contributed by atoms with Crippen molar-refractivity contribution in [1.29, 1.82) is 0 Å². The molecular formula is C10H15N3. The van der Waals surface area contributed by atoms with Gasteiger partial charge in [-0.25, -0.2) is 0 Å². The predicted molar refractivity (Wildman–Crippen MR) is 54.9 cm³/mol. The van der Waals surface area contributed by atoms with E-state index in [0.717, 1.165) is 17.1 Å². The van der Waals surface area contributed by atoms with Crippen LogP contribution in [0.2, 0.25) is 0 Å². The Kier molecular flexibility index (Phi) is 3.01. The molecule has 1 aromatic rings. The largest absolute Gasteiger partial charge is 0.303 e. The minimum atomic E-state index is 0.939. The van der Waals surface area contributed by atoms with Gasteiger partial charge in [-0.05, 0) is 26.0 Å². The van der Waals surface area contributed by atoms with E-state index in [1.165, 1.54) is 0 Å². The second kappa shape index (κ2) is 4.03. The molecule has 0 aliphatic carbocycles. The fourth-order valence-electron chi connectivity index (χ4n) is 1.10. The van der Waals surface area contributed by atoms with Crippen molar-refractivity contribution >= 4 is 5.71 Å². The lowest BCUT2D eigenvalue weighted by Crippen LogP contribution is -2.08. The van der Waals surface area contributed by atoms with Crippen molar-refractivity contribution in [3.8, 4) is 0 Å². The van der Waals surface area contributed by atoms with Crippen LogP contribution in [0, 0.1) is 6.92 Å². The van der Waals surface area contributed by atoms with Crippen molar-refractivity contribution in [2.75, 3.05) is 14.1 Å². The van der Waals surface area contributed by atoms with E-state index in [1.807, 2.05) is 46.1 Å². The molecule has 1 aromatic heterocycles. The van der Waals surface area contributed by atoms with Crippen LogP contribution in [0.1, 0.15) is 18.3 Å². The van der Waals surface area contributed by atoms with Crippen molar-refractivity contribution in [2.24, 2.45) is 5.10 Å². The highest BCUT2D eigenvalue weighted by atomic mass is 15.4. The summed E-state index contributed by atoms with van der Waals surface area (Å²) >= 11 is 0. The zero-order valence-electron chi connectivity index (χ0n) is 8.57. The monoisotopic (exact) mass is 177 g/mol. The molecule has 0 amide bonds. The van der Waals surface area contributed by atoms with Gasteiger partial charge in [-0.1, -0.05) is 6.07 Å². The highest BCUT2D eigenvalue weighted by Crippen LogP contribution is 2.00. The summed E-state index contributed by atoms with van der Waals surface area (Å²) in [5, 5.41) is 6.05. The Morgan fingerprint density at radius 3 is 2.62 bits per heavy atom. The third-order valence-electron chi connectivity index (χ3n) is 1.61. The maximum atomic E-state index is 4.37. The van der Waals surface area contributed by atoms with Crippen molar-refractivity contribution in [3.63, 3.8) is 0 Å². The lowest BCUT2D eigenvalue weighted by atomic mass is 10.2. The number of hydrazone groups is 1. The normalized spacial score (nSPS) is 11.5. The summed E-state index contributed by atoms with van der Waals surface area (Å²) in [6.07, 6.45) is 0. The molecule has 0 unspecified atom stereocenters. The number of aromatic nitrogens is 1. The van der Waals surface area contributed by atoms with Crippen molar-refractivity contribution in [3.05, 3.63) is 29.6 Å². The van der Waals surface area contributed by atoms with Gasteiger partial charge in [0, 0.05) is 19.8 Å². The van der Waals surface area contributed by atoms with E-state index in [9.17, 15) is 0 Å². The molecule has 0 aliphatic rings. The van der Waals surface area contributed by atoms with Gasteiger partial charge in [0.05, 0.1) is 11.4 Å². The summed E-state index contributed by atoms with van der Waals surface area (Å²) in [5.74, 6) is 0. The first-order valence-electron chi connectivity index (χ1n) is 4.26. The van der Waals surface area contributed by atoms with Gasteiger partial charge in [0.25, 0.3) is 0 Å². The summed E-state index contributed by atoms with van der Waals surface area (Å²) in [7, 11) is 3.80. The Hall–Kier alpha value is -1.38. The highest BCUT2D eigenvalue weighted by Gasteiger charge is 1.98. The van der Waals surface area contributed by atoms with Crippen molar-refractivity contribution < 1.29 is 0 Å². The molecule has 0 aliphatic heterocycles. The molecule has 13 heavy (non-hydrogen) atoms. The molecule has 0 radical (unpaired) electrons. The first-order chi connectivity index (χ1) is 6.09. The van der Waals surface area contributed by atoms with Crippen LogP contribution in [-0.2, 0) is 0 Å². The molecule has 1 rings (SSSR count). The van der Waals surface area contributed by atoms with E-state index in [2.05, 4.69) is 10.1 Å². The third kappa shape index (κ3) is 2.86. The second-order valence-corrected chi connectivity index (χ2v) is 3.20. The third-order valence-corrected chi connectivity index (χ3v) is 1.61. The predicted octanol–water partition coefficient (Wildman–Crippen LogP) is 1.68. The fourth-order valence-corrected chi connectivity index (χ4v) is 1.10. The number of pyridine rings is 1. The number of aryl methyl sites for hydroxylation is 1. The van der Waals surface area contributed by atoms with Crippen LogP contribution < -0.4 is 0 Å². The molecule has 0 N–H and O–H groups in total. The van der Waals surface area contributed by atoms with Gasteiger partial charge in [-0.2, -0.15) is 5.10 Å². The summed E-state index contributed by atoms with van der Waals surface area (Å²) in [4.78, 5) is 4.37. The summed E-state index contributed by atoms with van der Waals surface area (Å²) in [5.41, 5.74) is 2.90. The minimum absolute atomic E-state index is 0.939. The standard InChI is InChI=1S/C10H15N3/c1-8-6-5-7-10(11-8)9(2)12-13(3)4/h5-7H,1-4H3. The van der Waals surface area contributed by atoms with Crippen LogP contribution in [0.15, 0.2) is 23.3 Å². The number of rotatable bonds is 2. The number of hydrogen-bond donors (Lipinski definition) is 0. The van der Waals surface area contributed by atoms with Gasteiger partial charge < -0.3 is 5.01 Å². The van der Waals surface area contributed by atoms with Crippen molar-refractivity contribution in [1.82, 2.24) is 9.99 Å². The lowest BCUT2D eigenvalue weighted by Gasteiger charge is -2.06. The van der Waals surface area contributed by atoms with E-state index in [-0.39, 0.29) is 0 Å². The first-order valence-corrected chi connectivity index (χ1v) is 4.26. The Balaban J connectivity index is 2.95. The van der Waals surface area contributed by atoms with Crippen LogP contribution in [0.4, 0.5) is 0 Å². The molecule has 0 saturated heterocycles. The Morgan fingerprint density at radius 2 is 2.08 bits per heavy atom. The summed E-state index contributed by atoms with van der Waals surface area (Å²) in [6.45, 7) is 3.94. The zero-order chi connectivity index (χ0) is 9.84. The fraction of sp³-hybridized carbons (Fsp3) is 0.400. The summed E-state index contributed by atoms with van der Waals surface area (Å²) < 4.78 is 0. The molecule has 0 saturated carbocycles.